The van der Waals surface area contributed by atoms with Crippen molar-refractivity contribution >= 4 is 17.9 Å². The Labute approximate surface area is 380 Å². The Morgan fingerprint density at radius 2 is 0.742 bits per heavy atom. The van der Waals surface area contributed by atoms with Gasteiger partial charge in [0.15, 0.2) is 6.10 Å². The molecule has 6 nitrogen and oxygen atoms in total. The first-order valence-electron chi connectivity index (χ1n) is 24.6. The van der Waals surface area contributed by atoms with Gasteiger partial charge >= 0.3 is 17.9 Å². The molecular formula is C56H88O6. The molecule has 0 aliphatic heterocycles. The van der Waals surface area contributed by atoms with Crippen LogP contribution in [0.5, 0.6) is 0 Å². The second kappa shape index (κ2) is 49.5. The Hall–Kier alpha value is -4.19. The molecule has 0 aliphatic carbocycles. The molecule has 0 fully saturated rings. The largest absolute Gasteiger partial charge is 0.462 e. The van der Waals surface area contributed by atoms with Gasteiger partial charge in [0.1, 0.15) is 13.2 Å². The summed E-state index contributed by atoms with van der Waals surface area (Å²) in [4.78, 5) is 37.9. The molecule has 0 aromatic rings. The van der Waals surface area contributed by atoms with Gasteiger partial charge in [-0.1, -0.05) is 200 Å². The number of carbonyl (C=O) groups is 3. The zero-order valence-electron chi connectivity index (χ0n) is 39.6. The fourth-order valence-corrected chi connectivity index (χ4v) is 6.14. The van der Waals surface area contributed by atoms with Gasteiger partial charge in [0.05, 0.1) is 0 Å². The van der Waals surface area contributed by atoms with Crippen molar-refractivity contribution in [1.29, 1.82) is 0 Å². The molecule has 0 spiro atoms. The third kappa shape index (κ3) is 46.9. The molecule has 0 aliphatic rings. The molecule has 0 N–H and O–H groups in total. The number of esters is 3. The average molecular weight is 857 g/mol. The molecular weight excluding hydrogens is 769 g/mol. The SMILES string of the molecule is CC\C=C/C=C\C=C/C=C\CCCCCCCC(=O)OC(COC(=O)CC/C=C\C/C=C\CCCCCCCC)COC(=O)CCCCC/C=C\C/C=C\C/C=C\C/C=C\CC. The predicted molar refractivity (Wildman–Crippen MR) is 265 cm³/mol. The van der Waals surface area contributed by atoms with Crippen molar-refractivity contribution in [2.45, 2.75) is 200 Å². The number of hydrogen-bond acceptors (Lipinski definition) is 6. The van der Waals surface area contributed by atoms with E-state index in [2.05, 4.69) is 112 Å². The molecule has 6 heteroatoms. The van der Waals surface area contributed by atoms with Crippen LogP contribution in [0.25, 0.3) is 0 Å². The molecule has 1 atom stereocenters. The van der Waals surface area contributed by atoms with Crippen LogP contribution in [0.1, 0.15) is 194 Å². The predicted octanol–water partition coefficient (Wildman–Crippen LogP) is 16.1. The second-order valence-corrected chi connectivity index (χ2v) is 15.7. The van der Waals surface area contributed by atoms with Crippen molar-refractivity contribution in [2.75, 3.05) is 13.2 Å². The van der Waals surface area contributed by atoms with Crippen molar-refractivity contribution in [1.82, 2.24) is 0 Å². The van der Waals surface area contributed by atoms with E-state index in [4.69, 9.17) is 14.2 Å². The first kappa shape index (κ1) is 57.8. The molecule has 0 aromatic heterocycles. The minimum Gasteiger partial charge on any atom is -0.462 e. The quantitative estimate of drug-likeness (QED) is 0.0200. The van der Waals surface area contributed by atoms with Gasteiger partial charge in [-0.3, -0.25) is 14.4 Å². The number of ether oxygens (including phenoxy) is 3. The molecule has 0 amide bonds. The lowest BCUT2D eigenvalue weighted by atomic mass is 10.1. The van der Waals surface area contributed by atoms with Gasteiger partial charge in [0.2, 0.25) is 0 Å². The number of allylic oxidation sites excluding steroid dienone is 20. The summed E-state index contributed by atoms with van der Waals surface area (Å²) in [6, 6.07) is 0. The smallest absolute Gasteiger partial charge is 0.306 e. The maximum absolute atomic E-state index is 12.8. The molecule has 0 aromatic carbocycles. The summed E-state index contributed by atoms with van der Waals surface area (Å²) in [5.74, 6) is -1.06. The van der Waals surface area contributed by atoms with Crippen molar-refractivity contribution in [3.8, 4) is 0 Å². The third-order valence-corrected chi connectivity index (χ3v) is 9.79. The number of carbonyl (C=O) groups excluding carboxylic acids is 3. The molecule has 348 valence electrons. The van der Waals surface area contributed by atoms with Gasteiger partial charge in [0, 0.05) is 19.3 Å². The van der Waals surface area contributed by atoms with Crippen LogP contribution in [-0.4, -0.2) is 37.2 Å². The fourth-order valence-electron chi connectivity index (χ4n) is 6.14. The summed E-state index contributed by atoms with van der Waals surface area (Å²) in [5, 5.41) is 0. The Kier molecular flexibility index (Phi) is 46.1. The van der Waals surface area contributed by atoms with Gasteiger partial charge in [-0.25, -0.2) is 0 Å². The third-order valence-electron chi connectivity index (χ3n) is 9.79. The van der Waals surface area contributed by atoms with E-state index in [9.17, 15) is 14.4 Å². The van der Waals surface area contributed by atoms with Crippen LogP contribution in [0.4, 0.5) is 0 Å². The summed E-state index contributed by atoms with van der Waals surface area (Å²) in [6.07, 6.45) is 67.6. The van der Waals surface area contributed by atoms with Crippen LogP contribution < -0.4 is 0 Å². The molecule has 0 saturated carbocycles. The van der Waals surface area contributed by atoms with Gasteiger partial charge < -0.3 is 14.2 Å². The van der Waals surface area contributed by atoms with Crippen LogP contribution in [0.3, 0.4) is 0 Å². The molecule has 0 saturated heterocycles. The molecule has 0 radical (unpaired) electrons. The Balaban J connectivity index is 4.58. The normalized spacial score (nSPS) is 13.1. The Morgan fingerprint density at radius 3 is 1.29 bits per heavy atom. The van der Waals surface area contributed by atoms with Crippen LogP contribution in [0, 0.1) is 0 Å². The molecule has 0 bridgehead atoms. The highest BCUT2D eigenvalue weighted by atomic mass is 16.6. The van der Waals surface area contributed by atoms with Crippen molar-refractivity contribution < 1.29 is 28.6 Å². The lowest BCUT2D eigenvalue weighted by Crippen LogP contribution is -2.30. The second-order valence-electron chi connectivity index (χ2n) is 15.7. The van der Waals surface area contributed by atoms with Crippen molar-refractivity contribution in [3.63, 3.8) is 0 Å². The highest BCUT2D eigenvalue weighted by molar-refractivity contribution is 5.71. The summed E-state index contributed by atoms with van der Waals surface area (Å²) in [7, 11) is 0. The summed E-state index contributed by atoms with van der Waals surface area (Å²) >= 11 is 0. The lowest BCUT2D eigenvalue weighted by molar-refractivity contribution is -0.166. The number of hydrogen-bond donors (Lipinski definition) is 0. The Morgan fingerprint density at radius 1 is 0.355 bits per heavy atom. The van der Waals surface area contributed by atoms with Crippen LogP contribution in [0.15, 0.2) is 122 Å². The zero-order valence-corrected chi connectivity index (χ0v) is 39.6. The first-order valence-corrected chi connectivity index (χ1v) is 24.6. The van der Waals surface area contributed by atoms with E-state index in [1.165, 1.54) is 38.5 Å². The maximum atomic E-state index is 12.8. The van der Waals surface area contributed by atoms with Crippen molar-refractivity contribution in [2.24, 2.45) is 0 Å². The van der Waals surface area contributed by atoms with Crippen LogP contribution >= 0.6 is 0 Å². The molecule has 1 unspecified atom stereocenters. The minimum atomic E-state index is -0.829. The maximum Gasteiger partial charge on any atom is 0.306 e. The molecule has 62 heavy (non-hydrogen) atoms. The van der Waals surface area contributed by atoms with Crippen LogP contribution in [0.2, 0.25) is 0 Å². The molecule has 0 heterocycles. The summed E-state index contributed by atoms with van der Waals surface area (Å²) < 4.78 is 16.7. The van der Waals surface area contributed by atoms with Gasteiger partial charge in [-0.15, -0.1) is 0 Å². The first-order chi connectivity index (χ1) is 30.5. The van der Waals surface area contributed by atoms with E-state index >= 15 is 0 Å². The van der Waals surface area contributed by atoms with E-state index in [-0.39, 0.29) is 44.0 Å². The monoisotopic (exact) mass is 857 g/mol. The highest BCUT2D eigenvalue weighted by Crippen LogP contribution is 2.12. The molecule has 0 rings (SSSR count). The van der Waals surface area contributed by atoms with E-state index in [0.29, 0.717) is 12.8 Å². The average Bonchev–Trinajstić information content (AvgIpc) is 3.27. The van der Waals surface area contributed by atoms with Gasteiger partial charge in [-0.2, -0.15) is 0 Å². The summed E-state index contributed by atoms with van der Waals surface area (Å²) in [6.45, 7) is 6.25. The number of rotatable bonds is 42. The fraction of sp³-hybridized carbons (Fsp3) is 0.589. The van der Waals surface area contributed by atoms with Crippen LogP contribution in [-0.2, 0) is 28.6 Å². The van der Waals surface area contributed by atoms with E-state index in [1.54, 1.807) is 0 Å². The van der Waals surface area contributed by atoms with Crippen molar-refractivity contribution in [3.05, 3.63) is 122 Å². The van der Waals surface area contributed by atoms with E-state index < -0.39 is 6.10 Å². The highest BCUT2D eigenvalue weighted by Gasteiger charge is 2.19. The van der Waals surface area contributed by atoms with Gasteiger partial charge in [0.25, 0.3) is 0 Å². The topological polar surface area (TPSA) is 78.9 Å². The Bertz CT molecular complexity index is 1350. The van der Waals surface area contributed by atoms with E-state index in [0.717, 1.165) is 109 Å². The standard InChI is InChI=1S/C56H88O6/c1-4-7-10-13-16-19-22-25-27-29-31-34-37-40-43-46-49-55(58)61-52-53(51-60-54(57)48-45-42-39-36-33-30-24-21-18-15-12-9-6-3)62-56(59)50-47-44-41-38-35-32-28-26-23-20-17-14-11-8-5-2/h7-8,10-11,14,16-17,19-20,23,25-28,30-31,33-34,39,42,53H,4-6,9,12-13,15,18,21-22,24,29,32,35-38,40-41,43-52H2,1-3H3/b10-7-,11-8-,17-14-,19-16-,23-20-,27-25-,28-26-,33-30-,34-31-,42-39-. The van der Waals surface area contributed by atoms with Gasteiger partial charge in [-0.05, 0) is 96.3 Å². The zero-order chi connectivity index (χ0) is 45.1. The number of unbranched alkanes of at least 4 members (excludes halogenated alkanes) is 14. The lowest BCUT2D eigenvalue weighted by Gasteiger charge is -2.18. The van der Waals surface area contributed by atoms with E-state index in [1.807, 2.05) is 30.4 Å². The summed E-state index contributed by atoms with van der Waals surface area (Å²) in [5.41, 5.74) is 0. The minimum absolute atomic E-state index is 0.125.